The highest BCUT2D eigenvalue weighted by atomic mass is 32.2. The lowest BCUT2D eigenvalue weighted by Gasteiger charge is -2.26. The maximum atomic E-state index is 13.8. The van der Waals surface area contributed by atoms with E-state index in [1.807, 2.05) is 56.4 Å². The monoisotopic (exact) mass is 542 g/mol. The average Bonchev–Trinajstić information content (AvgIpc) is 2.91. The third-order valence-electron chi connectivity index (χ3n) is 6.20. The minimum absolute atomic E-state index is 0.307. The van der Waals surface area contributed by atoms with Gasteiger partial charge in [0.05, 0.1) is 26.2 Å². The zero-order valence-electron chi connectivity index (χ0n) is 23.0. The van der Waals surface area contributed by atoms with E-state index < -0.39 is 10.0 Å². The summed E-state index contributed by atoms with van der Waals surface area (Å²) in [6.07, 6.45) is 7.31. The number of pyridine rings is 1. The lowest BCUT2D eigenvalue weighted by atomic mass is 10.1. The Balaban J connectivity index is 1.73. The molecule has 0 fully saturated rings. The number of rotatable bonds is 14. The molecule has 0 saturated heterocycles. The smallest absolute Gasteiger partial charge is 0.243 e. The molecule has 0 spiro atoms. The van der Waals surface area contributed by atoms with E-state index in [0.29, 0.717) is 60.3 Å². The fourth-order valence-electron chi connectivity index (χ4n) is 4.06. The Kier molecular flexibility index (Phi) is 10.5. The molecule has 38 heavy (non-hydrogen) atoms. The third kappa shape index (κ3) is 7.22. The first kappa shape index (κ1) is 29.4. The summed E-state index contributed by atoms with van der Waals surface area (Å²) < 4.78 is 45.3. The van der Waals surface area contributed by atoms with E-state index in [1.54, 1.807) is 56.2 Å². The van der Waals surface area contributed by atoms with Crippen molar-refractivity contribution in [2.75, 3.05) is 75.2 Å². The molecule has 0 aliphatic rings. The Morgan fingerprint density at radius 1 is 0.895 bits per heavy atom. The standard InChI is InChI=1S/C28H38N4O5S/c1-30(2)15-17-32(38(33,34)27-11-7-10-23-21-29-13-12-24(23)27)18-16-31(3)14-8-9-22-19-25(35-4)28(37-6)26(20-22)36-5/h7-13,19-21H,14-18H2,1-6H3. The summed E-state index contributed by atoms with van der Waals surface area (Å²) in [7, 11) is 6.89. The fourth-order valence-corrected chi connectivity index (χ4v) is 5.70. The second-order valence-corrected chi connectivity index (χ2v) is 11.1. The first-order valence-electron chi connectivity index (χ1n) is 12.3. The van der Waals surface area contributed by atoms with Crippen LogP contribution in [0.5, 0.6) is 17.2 Å². The number of nitrogens with zero attached hydrogens (tertiary/aromatic N) is 4. The van der Waals surface area contributed by atoms with Crippen LogP contribution < -0.4 is 14.2 Å². The molecule has 9 nitrogen and oxygen atoms in total. The highest BCUT2D eigenvalue weighted by Gasteiger charge is 2.26. The van der Waals surface area contributed by atoms with Crippen molar-refractivity contribution in [2.24, 2.45) is 0 Å². The number of sulfonamides is 1. The highest BCUT2D eigenvalue weighted by molar-refractivity contribution is 7.89. The molecule has 206 valence electrons. The molecule has 0 aliphatic carbocycles. The predicted octanol–water partition coefficient (Wildman–Crippen LogP) is 3.46. The molecule has 0 unspecified atom stereocenters. The van der Waals surface area contributed by atoms with Crippen molar-refractivity contribution < 1.29 is 22.6 Å². The minimum Gasteiger partial charge on any atom is -0.493 e. The van der Waals surface area contributed by atoms with Gasteiger partial charge in [0.25, 0.3) is 0 Å². The number of hydrogen-bond donors (Lipinski definition) is 0. The number of hydrogen-bond acceptors (Lipinski definition) is 8. The Labute approximate surface area is 226 Å². The van der Waals surface area contributed by atoms with Gasteiger partial charge in [-0.2, -0.15) is 4.31 Å². The molecule has 0 atom stereocenters. The zero-order chi connectivity index (χ0) is 27.7. The van der Waals surface area contributed by atoms with Crippen molar-refractivity contribution in [1.82, 2.24) is 19.1 Å². The largest absolute Gasteiger partial charge is 0.493 e. The molecule has 1 aromatic heterocycles. The molecule has 10 heteroatoms. The minimum atomic E-state index is -3.71. The van der Waals surface area contributed by atoms with E-state index in [-0.39, 0.29) is 0 Å². The molecule has 0 saturated carbocycles. The van der Waals surface area contributed by atoms with E-state index in [0.717, 1.165) is 10.9 Å². The molecule has 0 amide bonds. The van der Waals surface area contributed by atoms with Gasteiger partial charge in [-0.1, -0.05) is 24.3 Å². The molecule has 0 radical (unpaired) electrons. The maximum Gasteiger partial charge on any atom is 0.243 e. The fraction of sp³-hybridized carbons (Fsp3) is 0.393. The van der Waals surface area contributed by atoms with E-state index in [1.165, 1.54) is 0 Å². The normalized spacial score (nSPS) is 12.2. The van der Waals surface area contributed by atoms with Crippen LogP contribution in [0.25, 0.3) is 16.8 Å². The second kappa shape index (κ2) is 13.6. The van der Waals surface area contributed by atoms with Crippen LogP contribution in [0.3, 0.4) is 0 Å². The highest BCUT2D eigenvalue weighted by Crippen LogP contribution is 2.38. The van der Waals surface area contributed by atoms with Gasteiger partial charge in [0.2, 0.25) is 15.8 Å². The molecule has 0 bridgehead atoms. The molecular formula is C28H38N4O5S. The Bertz CT molecular complexity index is 1310. The van der Waals surface area contributed by atoms with E-state index in [9.17, 15) is 8.42 Å². The lowest BCUT2D eigenvalue weighted by Crippen LogP contribution is -2.41. The number of aromatic nitrogens is 1. The van der Waals surface area contributed by atoms with E-state index in [4.69, 9.17) is 14.2 Å². The summed E-state index contributed by atoms with van der Waals surface area (Å²) in [6.45, 7) is 2.59. The Morgan fingerprint density at radius 3 is 2.21 bits per heavy atom. The Hall–Kier alpha value is -3.18. The van der Waals surface area contributed by atoms with Crippen LogP contribution in [0, 0.1) is 0 Å². The van der Waals surface area contributed by atoms with Gasteiger partial charge in [0.15, 0.2) is 11.5 Å². The van der Waals surface area contributed by atoms with Gasteiger partial charge >= 0.3 is 0 Å². The van der Waals surface area contributed by atoms with Gasteiger partial charge in [-0.3, -0.25) is 4.98 Å². The molecule has 0 aliphatic heterocycles. The van der Waals surface area contributed by atoms with Crippen LogP contribution in [-0.2, 0) is 10.0 Å². The van der Waals surface area contributed by atoms with Crippen LogP contribution in [-0.4, -0.2) is 103 Å². The van der Waals surface area contributed by atoms with Crippen LogP contribution in [0.1, 0.15) is 5.56 Å². The number of benzene rings is 2. The average molecular weight is 543 g/mol. The predicted molar refractivity (Wildman–Crippen MR) is 152 cm³/mol. The zero-order valence-corrected chi connectivity index (χ0v) is 23.9. The van der Waals surface area contributed by atoms with Crippen molar-refractivity contribution in [3.63, 3.8) is 0 Å². The summed E-state index contributed by atoms with van der Waals surface area (Å²) in [6, 6.07) is 10.8. The summed E-state index contributed by atoms with van der Waals surface area (Å²) in [5.74, 6) is 1.72. The third-order valence-corrected chi connectivity index (χ3v) is 8.16. The maximum absolute atomic E-state index is 13.8. The first-order valence-corrected chi connectivity index (χ1v) is 13.8. The molecule has 2 aromatic carbocycles. The van der Waals surface area contributed by atoms with Crippen molar-refractivity contribution >= 4 is 26.9 Å². The van der Waals surface area contributed by atoms with Crippen LogP contribution >= 0.6 is 0 Å². The Morgan fingerprint density at radius 2 is 1.58 bits per heavy atom. The summed E-state index contributed by atoms with van der Waals surface area (Å²) in [4.78, 5) is 8.50. The van der Waals surface area contributed by atoms with Gasteiger partial charge in [0.1, 0.15) is 0 Å². The first-order chi connectivity index (χ1) is 18.2. The van der Waals surface area contributed by atoms with Crippen LogP contribution in [0.4, 0.5) is 0 Å². The van der Waals surface area contributed by atoms with Gasteiger partial charge in [-0.15, -0.1) is 0 Å². The molecule has 3 rings (SSSR count). The summed E-state index contributed by atoms with van der Waals surface area (Å²) in [5, 5.41) is 1.48. The molecule has 3 aromatic rings. The topological polar surface area (TPSA) is 84.4 Å². The summed E-state index contributed by atoms with van der Waals surface area (Å²) in [5.41, 5.74) is 0.911. The van der Waals surface area contributed by atoms with Gasteiger partial charge in [-0.25, -0.2) is 8.42 Å². The number of methoxy groups -OCH3 is 3. The van der Waals surface area contributed by atoms with Gasteiger partial charge in [0, 0.05) is 55.9 Å². The van der Waals surface area contributed by atoms with Gasteiger partial charge in [-0.05, 0) is 51.0 Å². The van der Waals surface area contributed by atoms with E-state index >= 15 is 0 Å². The number of ether oxygens (including phenoxy) is 3. The SMILES string of the molecule is COc1cc(C=CCN(C)CCN(CCN(C)C)S(=O)(=O)c2cccc3cnccc23)cc(OC)c1OC. The van der Waals surface area contributed by atoms with Crippen molar-refractivity contribution in [2.45, 2.75) is 4.90 Å². The molecular weight excluding hydrogens is 504 g/mol. The van der Waals surface area contributed by atoms with Crippen molar-refractivity contribution in [3.05, 3.63) is 60.4 Å². The van der Waals surface area contributed by atoms with Crippen molar-refractivity contribution in [1.29, 1.82) is 0 Å². The quantitative estimate of drug-likeness (QED) is 0.306. The molecule has 0 N–H and O–H groups in total. The number of likely N-dealkylation sites (N-methyl/N-ethyl adjacent to an activating group) is 2. The van der Waals surface area contributed by atoms with Gasteiger partial charge < -0.3 is 24.0 Å². The molecule has 1 heterocycles. The second-order valence-electron chi connectivity index (χ2n) is 9.18. The van der Waals surface area contributed by atoms with Crippen molar-refractivity contribution in [3.8, 4) is 17.2 Å². The van der Waals surface area contributed by atoms with Crippen LogP contribution in [0.2, 0.25) is 0 Å². The van der Waals surface area contributed by atoms with Crippen LogP contribution in [0.15, 0.2) is 59.8 Å². The summed E-state index contributed by atoms with van der Waals surface area (Å²) >= 11 is 0. The van der Waals surface area contributed by atoms with E-state index in [2.05, 4.69) is 9.88 Å². The number of fused-ring (bicyclic) bond motifs is 1. The lowest BCUT2D eigenvalue weighted by molar-refractivity contribution is 0.290.